The van der Waals surface area contributed by atoms with Gasteiger partial charge in [-0.2, -0.15) is 0 Å². The molecule has 1 fully saturated rings. The molecule has 0 saturated heterocycles. The second-order valence-electron chi connectivity index (χ2n) is 4.75. The van der Waals surface area contributed by atoms with E-state index >= 15 is 0 Å². The van der Waals surface area contributed by atoms with Crippen LogP contribution < -0.4 is 5.73 Å². The third-order valence-corrected chi connectivity index (χ3v) is 3.65. The van der Waals surface area contributed by atoms with E-state index in [2.05, 4.69) is 0 Å². The number of rotatable bonds is 2. The van der Waals surface area contributed by atoms with Gasteiger partial charge in [0.25, 0.3) is 0 Å². The number of benzene rings is 1. The lowest BCUT2D eigenvalue weighted by atomic mass is 9.78. The van der Waals surface area contributed by atoms with Crippen LogP contribution in [0.2, 0.25) is 0 Å². The molecule has 1 aromatic carbocycles. The Labute approximate surface area is 94.6 Å². The van der Waals surface area contributed by atoms with Gasteiger partial charge in [-0.25, -0.2) is 4.39 Å². The Morgan fingerprint density at radius 3 is 2.75 bits per heavy atom. The fourth-order valence-corrected chi connectivity index (χ4v) is 2.36. The first-order chi connectivity index (χ1) is 7.54. The summed E-state index contributed by atoms with van der Waals surface area (Å²) in [6, 6.07) is 6.42. The molecule has 2 nitrogen and oxygen atoms in total. The summed E-state index contributed by atoms with van der Waals surface area (Å²) in [5, 5.41) is 0. The molecule has 3 heteroatoms. The number of carbonyl (C=O) groups is 1. The van der Waals surface area contributed by atoms with Crippen LogP contribution in [0.3, 0.4) is 0 Å². The molecule has 0 bridgehead atoms. The van der Waals surface area contributed by atoms with Crippen molar-refractivity contribution in [1.82, 2.24) is 0 Å². The Kier molecular flexibility index (Phi) is 2.80. The van der Waals surface area contributed by atoms with Crippen LogP contribution >= 0.6 is 0 Å². The minimum Gasteiger partial charge on any atom is -0.327 e. The van der Waals surface area contributed by atoms with E-state index in [9.17, 15) is 9.18 Å². The van der Waals surface area contributed by atoms with Crippen molar-refractivity contribution in [3.8, 4) is 0 Å². The zero-order chi connectivity index (χ0) is 11.8. The monoisotopic (exact) mass is 221 g/mol. The molecule has 0 aliphatic heterocycles. The Balaban J connectivity index is 2.27. The molecular formula is C13H16FNO. The van der Waals surface area contributed by atoms with Crippen LogP contribution in [-0.4, -0.2) is 11.8 Å². The highest BCUT2D eigenvalue weighted by molar-refractivity contribution is 5.87. The van der Waals surface area contributed by atoms with Gasteiger partial charge in [0.2, 0.25) is 0 Å². The molecule has 0 unspecified atom stereocenters. The van der Waals surface area contributed by atoms with Crippen molar-refractivity contribution in [2.75, 3.05) is 0 Å². The van der Waals surface area contributed by atoms with Crippen molar-refractivity contribution in [3.63, 3.8) is 0 Å². The van der Waals surface area contributed by atoms with Crippen molar-refractivity contribution in [3.05, 3.63) is 35.6 Å². The quantitative estimate of drug-likeness (QED) is 0.830. The third kappa shape index (κ3) is 1.76. The smallest absolute Gasteiger partial charge is 0.140 e. The van der Waals surface area contributed by atoms with Gasteiger partial charge in [-0.3, -0.25) is 4.79 Å². The molecule has 2 N–H and O–H groups in total. The number of nitrogens with two attached hydrogens (primary N) is 1. The number of Topliss-reactive ketones (excluding diaryl/α,β-unsaturated/α-hetero) is 1. The van der Waals surface area contributed by atoms with Crippen molar-refractivity contribution in [2.45, 2.75) is 32.2 Å². The highest BCUT2D eigenvalue weighted by atomic mass is 19.1. The first kappa shape index (κ1) is 11.3. The molecule has 0 amide bonds. The molecule has 0 heterocycles. The molecule has 2 atom stereocenters. The zero-order valence-electron chi connectivity index (χ0n) is 9.37. The number of hydrogen-bond donors (Lipinski definition) is 1. The average molecular weight is 221 g/mol. The van der Waals surface area contributed by atoms with Crippen LogP contribution in [0, 0.1) is 11.2 Å². The van der Waals surface area contributed by atoms with Gasteiger partial charge in [0, 0.05) is 17.9 Å². The lowest BCUT2D eigenvalue weighted by Gasteiger charge is -2.27. The Morgan fingerprint density at radius 1 is 1.50 bits per heavy atom. The van der Waals surface area contributed by atoms with E-state index in [0.29, 0.717) is 24.8 Å². The molecule has 0 aromatic heterocycles. The molecule has 0 radical (unpaired) electrons. The molecule has 1 aliphatic rings. The number of halogens is 1. The fourth-order valence-electron chi connectivity index (χ4n) is 2.36. The summed E-state index contributed by atoms with van der Waals surface area (Å²) in [6.45, 7) is 1.85. The van der Waals surface area contributed by atoms with Gasteiger partial charge < -0.3 is 5.73 Å². The molecule has 86 valence electrons. The average Bonchev–Trinajstić information content (AvgIpc) is 2.50. The Bertz CT molecular complexity index is 418. The molecular weight excluding hydrogens is 205 g/mol. The second kappa shape index (κ2) is 3.98. The van der Waals surface area contributed by atoms with E-state index in [1.54, 1.807) is 18.2 Å². The van der Waals surface area contributed by atoms with Crippen LogP contribution in [0.25, 0.3) is 0 Å². The van der Waals surface area contributed by atoms with Crippen LogP contribution in [0.15, 0.2) is 24.3 Å². The standard InChI is InChI=1S/C13H16FNO/c1-13(11(15)6-7-12(13)16)8-9-4-2-3-5-10(9)14/h2-5,11H,6-8,15H2,1H3/t11-,13-/m1/s1. The van der Waals surface area contributed by atoms with Crippen molar-refractivity contribution >= 4 is 5.78 Å². The summed E-state index contributed by atoms with van der Waals surface area (Å²) in [6.07, 6.45) is 1.63. The third-order valence-electron chi connectivity index (χ3n) is 3.65. The summed E-state index contributed by atoms with van der Waals surface area (Å²) >= 11 is 0. The van der Waals surface area contributed by atoms with Gasteiger partial charge >= 0.3 is 0 Å². The molecule has 1 saturated carbocycles. The van der Waals surface area contributed by atoms with E-state index in [1.807, 2.05) is 6.92 Å². The predicted molar refractivity (Wildman–Crippen MR) is 60.4 cm³/mol. The van der Waals surface area contributed by atoms with Gasteiger partial charge in [-0.15, -0.1) is 0 Å². The largest absolute Gasteiger partial charge is 0.327 e. The lowest BCUT2D eigenvalue weighted by Crippen LogP contribution is -2.40. The number of hydrogen-bond acceptors (Lipinski definition) is 2. The summed E-state index contributed by atoms with van der Waals surface area (Å²) < 4.78 is 13.5. The summed E-state index contributed by atoms with van der Waals surface area (Å²) in [7, 11) is 0. The zero-order valence-corrected chi connectivity index (χ0v) is 9.37. The van der Waals surface area contributed by atoms with Gasteiger partial charge in [-0.1, -0.05) is 25.1 Å². The van der Waals surface area contributed by atoms with E-state index in [0.717, 1.165) is 0 Å². The maximum atomic E-state index is 13.5. The normalized spacial score (nSPS) is 29.7. The lowest BCUT2D eigenvalue weighted by molar-refractivity contribution is -0.125. The molecule has 0 spiro atoms. The van der Waals surface area contributed by atoms with Crippen LogP contribution in [-0.2, 0) is 11.2 Å². The highest BCUT2D eigenvalue weighted by Gasteiger charge is 2.44. The molecule has 2 rings (SSSR count). The first-order valence-corrected chi connectivity index (χ1v) is 5.56. The highest BCUT2D eigenvalue weighted by Crippen LogP contribution is 2.37. The molecule has 1 aliphatic carbocycles. The van der Waals surface area contributed by atoms with Crippen LogP contribution in [0.4, 0.5) is 4.39 Å². The Hall–Kier alpha value is -1.22. The van der Waals surface area contributed by atoms with E-state index < -0.39 is 5.41 Å². The topological polar surface area (TPSA) is 43.1 Å². The predicted octanol–water partition coefficient (Wildman–Crippen LogP) is 2.06. The fraction of sp³-hybridized carbons (Fsp3) is 0.462. The summed E-state index contributed by atoms with van der Waals surface area (Å²) in [4.78, 5) is 11.8. The van der Waals surface area contributed by atoms with Gasteiger partial charge in [-0.05, 0) is 24.5 Å². The van der Waals surface area contributed by atoms with Crippen molar-refractivity contribution < 1.29 is 9.18 Å². The van der Waals surface area contributed by atoms with Gasteiger partial charge in [0.1, 0.15) is 11.6 Å². The SMILES string of the molecule is C[C@]1(Cc2ccccc2F)C(=O)CC[C@H]1N. The van der Waals surface area contributed by atoms with Crippen molar-refractivity contribution in [2.24, 2.45) is 11.1 Å². The maximum absolute atomic E-state index is 13.5. The minimum atomic E-state index is -0.595. The van der Waals surface area contributed by atoms with Gasteiger partial charge in [0.15, 0.2) is 0 Å². The number of carbonyl (C=O) groups excluding carboxylic acids is 1. The summed E-state index contributed by atoms with van der Waals surface area (Å²) in [5.41, 5.74) is 5.94. The first-order valence-electron chi connectivity index (χ1n) is 5.56. The van der Waals surface area contributed by atoms with Crippen molar-refractivity contribution in [1.29, 1.82) is 0 Å². The van der Waals surface area contributed by atoms with Crippen LogP contribution in [0.1, 0.15) is 25.3 Å². The van der Waals surface area contributed by atoms with Gasteiger partial charge in [0.05, 0.1) is 0 Å². The summed E-state index contributed by atoms with van der Waals surface area (Å²) in [5.74, 6) is -0.0983. The molecule has 1 aromatic rings. The minimum absolute atomic E-state index is 0.153. The number of ketones is 1. The second-order valence-corrected chi connectivity index (χ2v) is 4.75. The maximum Gasteiger partial charge on any atom is 0.140 e. The molecule has 16 heavy (non-hydrogen) atoms. The Morgan fingerprint density at radius 2 is 2.19 bits per heavy atom. The van der Waals surface area contributed by atoms with Crippen LogP contribution in [0.5, 0.6) is 0 Å². The van der Waals surface area contributed by atoms with E-state index in [1.165, 1.54) is 6.07 Å². The van der Waals surface area contributed by atoms with E-state index in [4.69, 9.17) is 5.73 Å². The van der Waals surface area contributed by atoms with E-state index in [-0.39, 0.29) is 17.6 Å².